The van der Waals surface area contributed by atoms with Crippen molar-refractivity contribution < 1.29 is 47.8 Å². The first kappa shape index (κ1) is 28.5. The Morgan fingerprint density at radius 1 is 1.24 bits per heavy atom. The Bertz CT molecular complexity index is 1200. The number of ketones is 1. The molecule has 11 heteroatoms. The Hall–Kier alpha value is -2.54. The first-order valence-electron chi connectivity index (χ1n) is 12.8. The van der Waals surface area contributed by atoms with Crippen molar-refractivity contribution in [2.75, 3.05) is 26.9 Å². The maximum Gasteiger partial charge on any atom is 0.351 e. The highest BCUT2D eigenvalue weighted by Crippen LogP contribution is 2.38. The van der Waals surface area contributed by atoms with Gasteiger partial charge < -0.3 is 43.1 Å². The molecule has 0 spiro atoms. The summed E-state index contributed by atoms with van der Waals surface area (Å²) in [6.07, 6.45) is -1.81. The van der Waals surface area contributed by atoms with Crippen LogP contribution in [0.5, 0.6) is 11.5 Å². The molecule has 38 heavy (non-hydrogen) atoms. The van der Waals surface area contributed by atoms with E-state index >= 15 is 0 Å². The molecule has 0 amide bonds. The fourth-order valence-corrected chi connectivity index (χ4v) is 4.96. The summed E-state index contributed by atoms with van der Waals surface area (Å²) in [5.74, 6) is -0.891. The third-order valence-corrected chi connectivity index (χ3v) is 6.93. The Morgan fingerprint density at radius 3 is 2.66 bits per heavy atom. The average Bonchev–Trinajstić information content (AvgIpc) is 2.87. The molecule has 2 saturated heterocycles. The number of benzene rings is 1. The van der Waals surface area contributed by atoms with E-state index in [1.165, 1.54) is 13.2 Å². The van der Waals surface area contributed by atoms with Crippen LogP contribution in [0, 0.1) is 6.92 Å². The molecule has 5 atom stereocenters. The molecule has 2 aliphatic rings. The SMILES string of the molecule is CCOCC(=O)c1c(O)c2ccc(O[C@@H]3OC(C)(C)[C@H](OC)[C@@H](O)[C@H]3OC3CCCCO3)c(C)c2oc1=O. The summed E-state index contributed by atoms with van der Waals surface area (Å²) in [5.41, 5.74) is -1.94. The van der Waals surface area contributed by atoms with Gasteiger partial charge in [-0.3, -0.25) is 4.79 Å². The van der Waals surface area contributed by atoms with Gasteiger partial charge in [-0.05, 0) is 59.1 Å². The molecule has 2 N–H and O–H groups in total. The number of carbonyl (C=O) groups excluding carboxylic acids is 1. The highest BCUT2D eigenvalue weighted by molar-refractivity contribution is 6.04. The predicted molar refractivity (Wildman–Crippen MR) is 135 cm³/mol. The third-order valence-electron chi connectivity index (χ3n) is 6.93. The van der Waals surface area contributed by atoms with Gasteiger partial charge in [0.15, 0.2) is 18.2 Å². The van der Waals surface area contributed by atoms with Crippen LogP contribution in [0.1, 0.15) is 56.0 Å². The Labute approximate surface area is 220 Å². The molecule has 3 heterocycles. The fourth-order valence-electron chi connectivity index (χ4n) is 4.96. The molecular formula is C27H36O11. The molecule has 2 aromatic rings. The molecule has 2 aliphatic heterocycles. The van der Waals surface area contributed by atoms with E-state index in [2.05, 4.69) is 0 Å². The summed E-state index contributed by atoms with van der Waals surface area (Å²) < 4.78 is 40.3. The van der Waals surface area contributed by atoms with Gasteiger partial charge in [-0.1, -0.05) is 0 Å². The van der Waals surface area contributed by atoms with Crippen LogP contribution < -0.4 is 10.4 Å². The highest BCUT2D eigenvalue weighted by atomic mass is 16.7. The largest absolute Gasteiger partial charge is 0.506 e. The molecule has 2 fully saturated rings. The van der Waals surface area contributed by atoms with Gasteiger partial charge in [-0.15, -0.1) is 0 Å². The van der Waals surface area contributed by atoms with Gasteiger partial charge in [-0.25, -0.2) is 4.79 Å². The molecule has 1 aromatic carbocycles. The summed E-state index contributed by atoms with van der Waals surface area (Å²) in [7, 11) is 1.49. The lowest BCUT2D eigenvalue weighted by molar-refractivity contribution is -0.339. The number of aliphatic hydroxyl groups is 1. The Kier molecular flexibility index (Phi) is 8.75. The second kappa shape index (κ2) is 11.7. The maximum atomic E-state index is 12.6. The third kappa shape index (κ3) is 5.58. The van der Waals surface area contributed by atoms with Crippen molar-refractivity contribution in [3.63, 3.8) is 0 Å². The molecule has 210 valence electrons. The number of rotatable bonds is 9. The number of aryl methyl sites for hydroxylation is 1. The minimum absolute atomic E-state index is 0.0522. The van der Waals surface area contributed by atoms with Crippen LogP contribution in [-0.2, 0) is 23.7 Å². The number of carbonyl (C=O) groups is 1. The molecule has 1 unspecified atom stereocenters. The zero-order valence-electron chi connectivity index (χ0n) is 22.4. The monoisotopic (exact) mass is 536 g/mol. The summed E-state index contributed by atoms with van der Waals surface area (Å²) in [6.45, 7) is 7.39. The number of fused-ring (bicyclic) bond motifs is 1. The Morgan fingerprint density at radius 2 is 2.00 bits per heavy atom. The lowest BCUT2D eigenvalue weighted by Gasteiger charge is -2.48. The zero-order chi connectivity index (χ0) is 27.6. The second-order valence-electron chi connectivity index (χ2n) is 9.99. The topological polar surface area (TPSA) is 143 Å². The average molecular weight is 537 g/mol. The Balaban J connectivity index is 1.67. The van der Waals surface area contributed by atoms with Crippen molar-refractivity contribution >= 4 is 16.8 Å². The van der Waals surface area contributed by atoms with Gasteiger partial charge in [0.25, 0.3) is 0 Å². The van der Waals surface area contributed by atoms with Crippen molar-refractivity contribution in [1.29, 1.82) is 0 Å². The van der Waals surface area contributed by atoms with Crippen molar-refractivity contribution in [1.82, 2.24) is 0 Å². The van der Waals surface area contributed by atoms with Gasteiger partial charge in [0.05, 0.1) is 11.0 Å². The number of hydrogen-bond donors (Lipinski definition) is 2. The van der Waals surface area contributed by atoms with Crippen molar-refractivity contribution in [2.24, 2.45) is 0 Å². The number of aliphatic hydroxyl groups excluding tert-OH is 1. The normalized spacial score (nSPS) is 27.4. The van der Waals surface area contributed by atoms with Gasteiger partial charge in [0.2, 0.25) is 6.29 Å². The molecule has 4 rings (SSSR count). The van der Waals surface area contributed by atoms with Crippen LogP contribution >= 0.6 is 0 Å². The molecule has 0 aliphatic carbocycles. The first-order chi connectivity index (χ1) is 18.1. The minimum Gasteiger partial charge on any atom is -0.506 e. The lowest BCUT2D eigenvalue weighted by Crippen LogP contribution is -2.65. The number of ether oxygens (including phenoxy) is 6. The van der Waals surface area contributed by atoms with E-state index in [1.54, 1.807) is 33.8 Å². The van der Waals surface area contributed by atoms with Crippen LogP contribution in [0.4, 0.5) is 0 Å². The quantitative estimate of drug-likeness (QED) is 0.361. The van der Waals surface area contributed by atoms with Crippen LogP contribution in [0.3, 0.4) is 0 Å². The van der Waals surface area contributed by atoms with E-state index in [-0.39, 0.29) is 29.9 Å². The molecular weight excluding hydrogens is 500 g/mol. The summed E-state index contributed by atoms with van der Waals surface area (Å²) in [5, 5.41) is 22.1. The minimum atomic E-state index is -1.10. The standard InChI is InChI=1S/C27H36O11/c1-6-33-13-16(28)19-20(29)15-10-11-17(14(2)22(15)37-25(19)31)35-26-23(36-18-9-7-8-12-34-18)21(30)24(32-5)27(3,4)38-26/h10-11,18,21,23-24,26,29-30H,6-9,12-13H2,1-5H3/t18?,21-,23+,24+,26+/m0/s1. The number of hydrogen-bond acceptors (Lipinski definition) is 11. The van der Waals surface area contributed by atoms with Gasteiger partial charge >= 0.3 is 5.63 Å². The number of aromatic hydroxyl groups is 1. The van der Waals surface area contributed by atoms with Crippen molar-refractivity contribution in [3.8, 4) is 11.5 Å². The zero-order valence-corrected chi connectivity index (χ0v) is 22.4. The van der Waals surface area contributed by atoms with Crippen LogP contribution in [0.2, 0.25) is 0 Å². The van der Waals surface area contributed by atoms with E-state index in [1.807, 2.05) is 0 Å². The molecule has 1 aromatic heterocycles. The number of Topliss-reactive ketones (excluding diaryl/α,β-unsaturated/α-hetero) is 1. The molecule has 0 bridgehead atoms. The fraction of sp³-hybridized carbons (Fsp3) is 0.630. The van der Waals surface area contributed by atoms with Crippen molar-refractivity contribution in [2.45, 2.75) is 83.5 Å². The van der Waals surface area contributed by atoms with E-state index in [0.717, 1.165) is 12.8 Å². The maximum absolute atomic E-state index is 12.6. The lowest BCUT2D eigenvalue weighted by atomic mass is 9.89. The highest BCUT2D eigenvalue weighted by Gasteiger charge is 2.52. The van der Waals surface area contributed by atoms with E-state index in [0.29, 0.717) is 18.6 Å². The van der Waals surface area contributed by atoms with Crippen LogP contribution in [0.15, 0.2) is 21.3 Å². The molecule has 0 saturated carbocycles. The number of methoxy groups -OCH3 is 1. The molecule has 0 radical (unpaired) electrons. The van der Waals surface area contributed by atoms with Gasteiger partial charge in [0.1, 0.15) is 41.5 Å². The molecule has 11 nitrogen and oxygen atoms in total. The van der Waals surface area contributed by atoms with E-state index in [9.17, 15) is 19.8 Å². The van der Waals surface area contributed by atoms with Crippen LogP contribution in [0.25, 0.3) is 11.0 Å². The summed E-state index contributed by atoms with van der Waals surface area (Å²) in [4.78, 5) is 25.0. The smallest absolute Gasteiger partial charge is 0.351 e. The second-order valence-corrected chi connectivity index (χ2v) is 9.99. The van der Waals surface area contributed by atoms with E-state index < -0.39 is 59.2 Å². The van der Waals surface area contributed by atoms with Gasteiger partial charge in [0, 0.05) is 25.9 Å². The predicted octanol–water partition coefficient (Wildman–Crippen LogP) is 2.83. The van der Waals surface area contributed by atoms with E-state index in [4.69, 9.17) is 32.8 Å². The van der Waals surface area contributed by atoms with Gasteiger partial charge in [-0.2, -0.15) is 0 Å². The first-order valence-corrected chi connectivity index (χ1v) is 12.8. The summed E-state index contributed by atoms with van der Waals surface area (Å²) >= 11 is 0. The van der Waals surface area contributed by atoms with Crippen LogP contribution in [-0.4, -0.2) is 79.4 Å². The summed E-state index contributed by atoms with van der Waals surface area (Å²) in [6, 6.07) is 3.05. The van der Waals surface area contributed by atoms with Crippen molar-refractivity contribution in [3.05, 3.63) is 33.7 Å².